The first kappa shape index (κ1) is 14.6. The third kappa shape index (κ3) is 2.81. The van der Waals surface area contributed by atoms with Crippen LogP contribution in [0.1, 0.15) is 5.56 Å². The van der Waals surface area contributed by atoms with Gasteiger partial charge in [0.05, 0.1) is 15.7 Å². The van der Waals surface area contributed by atoms with E-state index in [2.05, 4.69) is 15.2 Å². The molecule has 0 aliphatic carbocycles. The molecule has 5 nitrogen and oxygen atoms in total. The summed E-state index contributed by atoms with van der Waals surface area (Å²) in [5, 5.41) is 7.23. The Kier molecular flexibility index (Phi) is 4.09. The van der Waals surface area contributed by atoms with Crippen molar-refractivity contribution < 1.29 is 0 Å². The van der Waals surface area contributed by atoms with E-state index in [4.69, 9.17) is 23.2 Å². The van der Waals surface area contributed by atoms with Gasteiger partial charge < -0.3 is 0 Å². The molecule has 0 saturated carbocycles. The second-order valence-corrected chi connectivity index (χ2v) is 5.21. The van der Waals surface area contributed by atoms with Gasteiger partial charge >= 0.3 is 5.69 Å². The average Bonchev–Trinajstić information content (AvgIpc) is 2.88. The highest BCUT2D eigenvalue weighted by Gasteiger charge is 2.09. The third-order valence-electron chi connectivity index (χ3n) is 2.98. The fourth-order valence-corrected chi connectivity index (χ4v) is 2.44. The molecule has 1 N–H and O–H groups in total. The van der Waals surface area contributed by atoms with Crippen LogP contribution < -0.4 is 5.69 Å². The van der Waals surface area contributed by atoms with Crippen LogP contribution in [0.15, 0.2) is 58.3 Å². The van der Waals surface area contributed by atoms with Crippen LogP contribution in [-0.2, 0) is 0 Å². The highest BCUT2D eigenvalue weighted by atomic mass is 35.5. The van der Waals surface area contributed by atoms with Gasteiger partial charge in [0.1, 0.15) is 0 Å². The molecule has 0 radical (unpaired) electrons. The lowest BCUT2D eigenvalue weighted by molar-refractivity contribution is 0.981. The summed E-state index contributed by atoms with van der Waals surface area (Å²) in [6.45, 7) is 0. The summed E-state index contributed by atoms with van der Waals surface area (Å²) in [6.07, 6.45) is 1.49. The second-order valence-electron chi connectivity index (χ2n) is 4.39. The van der Waals surface area contributed by atoms with Gasteiger partial charge in [-0.3, -0.25) is 0 Å². The third-order valence-corrected chi connectivity index (χ3v) is 3.64. The van der Waals surface area contributed by atoms with E-state index in [1.165, 1.54) is 10.8 Å². The molecule has 3 rings (SSSR count). The smallest absolute Gasteiger partial charge is 0.246 e. The van der Waals surface area contributed by atoms with Crippen LogP contribution in [0.5, 0.6) is 0 Å². The van der Waals surface area contributed by atoms with Gasteiger partial charge in [0, 0.05) is 11.8 Å². The van der Waals surface area contributed by atoms with Gasteiger partial charge in [0.25, 0.3) is 5.95 Å². The van der Waals surface area contributed by atoms with Crippen molar-refractivity contribution in [2.75, 3.05) is 0 Å². The molecule has 2 aromatic carbocycles. The molecule has 3 aromatic rings. The number of halogens is 2. The number of H-pyrrole nitrogens is 1. The number of aromatic nitrogens is 3. The Morgan fingerprint density at radius 3 is 2.41 bits per heavy atom. The summed E-state index contributed by atoms with van der Waals surface area (Å²) in [7, 11) is 0. The first-order chi connectivity index (χ1) is 10.7. The van der Waals surface area contributed by atoms with E-state index >= 15 is 0 Å². The lowest BCUT2D eigenvalue weighted by Gasteiger charge is -2.02. The summed E-state index contributed by atoms with van der Waals surface area (Å²) in [4.78, 5) is 16.1. The molecule has 1 aromatic heterocycles. The summed E-state index contributed by atoms with van der Waals surface area (Å²) in [6, 6.07) is 14.3. The molecule has 0 unspecified atom stereocenters. The molecule has 0 bridgehead atoms. The molecule has 0 saturated heterocycles. The minimum atomic E-state index is -0.372. The fraction of sp³-hybridized carbons (Fsp3) is 0. The summed E-state index contributed by atoms with van der Waals surface area (Å²) in [5.41, 5.74) is 0.864. The minimum absolute atomic E-state index is 0.215. The summed E-state index contributed by atoms with van der Waals surface area (Å²) >= 11 is 12.2. The van der Waals surface area contributed by atoms with Crippen molar-refractivity contribution in [1.82, 2.24) is 14.8 Å². The van der Waals surface area contributed by atoms with Gasteiger partial charge in [-0.05, 0) is 24.3 Å². The molecule has 0 spiro atoms. The van der Waals surface area contributed by atoms with Crippen molar-refractivity contribution in [2.45, 2.75) is 0 Å². The van der Waals surface area contributed by atoms with Crippen molar-refractivity contribution in [3.8, 4) is 5.69 Å². The van der Waals surface area contributed by atoms with Crippen molar-refractivity contribution >= 4 is 35.4 Å². The van der Waals surface area contributed by atoms with Crippen molar-refractivity contribution in [3.63, 3.8) is 0 Å². The molecule has 0 amide bonds. The van der Waals surface area contributed by atoms with E-state index in [1.807, 2.05) is 18.2 Å². The molecule has 1 heterocycles. The number of rotatable bonds is 3. The Bertz CT molecular complexity index is 864. The SMILES string of the molecule is O=c1[nH]nc(/N=C/c2c(Cl)cccc2Cl)n1-c1ccccc1. The van der Waals surface area contributed by atoms with E-state index in [0.717, 1.165) is 0 Å². The molecule has 22 heavy (non-hydrogen) atoms. The maximum absolute atomic E-state index is 11.9. The van der Waals surface area contributed by atoms with E-state index in [1.54, 1.807) is 30.3 Å². The molecule has 0 aliphatic rings. The Labute approximate surface area is 135 Å². The number of nitrogens with zero attached hydrogens (tertiary/aromatic N) is 3. The van der Waals surface area contributed by atoms with Crippen LogP contribution >= 0.6 is 23.2 Å². The lowest BCUT2D eigenvalue weighted by Crippen LogP contribution is -2.14. The molecule has 7 heteroatoms. The normalized spacial score (nSPS) is 11.2. The van der Waals surface area contributed by atoms with E-state index < -0.39 is 0 Å². The quantitative estimate of drug-likeness (QED) is 0.744. The summed E-state index contributed by atoms with van der Waals surface area (Å²) < 4.78 is 1.36. The number of hydrogen-bond acceptors (Lipinski definition) is 3. The van der Waals surface area contributed by atoms with Gasteiger partial charge in [-0.25, -0.2) is 19.5 Å². The van der Waals surface area contributed by atoms with Gasteiger partial charge in [-0.1, -0.05) is 47.5 Å². The van der Waals surface area contributed by atoms with Crippen LogP contribution in [0.2, 0.25) is 10.0 Å². The van der Waals surface area contributed by atoms with Crippen molar-refractivity contribution in [3.05, 3.63) is 74.6 Å². The number of hydrogen-bond donors (Lipinski definition) is 1. The van der Waals surface area contributed by atoms with Crippen LogP contribution in [0.3, 0.4) is 0 Å². The second kappa shape index (κ2) is 6.17. The molecular weight excluding hydrogens is 323 g/mol. The molecule has 0 aliphatic heterocycles. The predicted molar refractivity (Wildman–Crippen MR) is 87.9 cm³/mol. The maximum Gasteiger partial charge on any atom is 0.349 e. The number of aromatic amines is 1. The first-order valence-corrected chi connectivity index (χ1v) is 7.13. The zero-order valence-corrected chi connectivity index (χ0v) is 12.7. The lowest BCUT2D eigenvalue weighted by atomic mass is 10.2. The monoisotopic (exact) mass is 332 g/mol. The zero-order valence-electron chi connectivity index (χ0n) is 11.2. The molecular formula is C15H10Cl2N4O. The Hall–Kier alpha value is -2.37. The minimum Gasteiger partial charge on any atom is -0.246 e. The molecule has 110 valence electrons. The van der Waals surface area contributed by atoms with Gasteiger partial charge in [0.15, 0.2) is 0 Å². The van der Waals surface area contributed by atoms with Crippen molar-refractivity contribution in [1.29, 1.82) is 0 Å². The Balaban J connectivity index is 2.05. The van der Waals surface area contributed by atoms with E-state index in [0.29, 0.717) is 21.3 Å². The first-order valence-electron chi connectivity index (χ1n) is 6.38. The van der Waals surface area contributed by atoms with Crippen LogP contribution in [0, 0.1) is 0 Å². The molecule has 0 atom stereocenters. The van der Waals surface area contributed by atoms with E-state index in [-0.39, 0.29) is 11.6 Å². The topological polar surface area (TPSA) is 63.0 Å². The maximum atomic E-state index is 11.9. The Morgan fingerprint density at radius 1 is 1.05 bits per heavy atom. The van der Waals surface area contributed by atoms with Crippen LogP contribution in [-0.4, -0.2) is 21.0 Å². The number of benzene rings is 2. The highest BCUT2D eigenvalue weighted by molar-refractivity contribution is 6.38. The fourth-order valence-electron chi connectivity index (χ4n) is 1.94. The zero-order chi connectivity index (χ0) is 15.5. The largest absolute Gasteiger partial charge is 0.349 e. The van der Waals surface area contributed by atoms with Gasteiger partial charge in [-0.15, -0.1) is 5.10 Å². The van der Waals surface area contributed by atoms with Gasteiger partial charge in [-0.2, -0.15) is 0 Å². The summed E-state index contributed by atoms with van der Waals surface area (Å²) in [5.74, 6) is 0.215. The van der Waals surface area contributed by atoms with Crippen molar-refractivity contribution in [2.24, 2.45) is 4.99 Å². The standard InChI is InChI=1S/C15H10Cl2N4O/c16-12-7-4-8-13(17)11(12)9-18-14-19-20-15(22)21(14)10-5-2-1-3-6-10/h1-9H,(H,20,22)/b18-9+. The van der Waals surface area contributed by atoms with Gasteiger partial charge in [0.2, 0.25) is 0 Å². The predicted octanol–water partition coefficient (Wildman–Crippen LogP) is 3.62. The highest BCUT2D eigenvalue weighted by Crippen LogP contribution is 2.23. The number of aliphatic imine (C=N–C) groups is 1. The Morgan fingerprint density at radius 2 is 1.73 bits per heavy atom. The van der Waals surface area contributed by atoms with Crippen LogP contribution in [0.25, 0.3) is 5.69 Å². The average molecular weight is 333 g/mol. The van der Waals surface area contributed by atoms with E-state index in [9.17, 15) is 4.79 Å². The van der Waals surface area contributed by atoms with Crippen LogP contribution in [0.4, 0.5) is 5.95 Å². The number of nitrogens with one attached hydrogen (secondary N) is 1. The number of para-hydroxylation sites is 1. The molecule has 0 fully saturated rings.